The molecular weight excluding hydrogens is 142 g/mol. The third-order valence-electron chi connectivity index (χ3n) is 1.28. The van der Waals surface area contributed by atoms with Crippen molar-refractivity contribution >= 4 is 5.96 Å². The van der Waals surface area contributed by atoms with Crippen LogP contribution in [0.4, 0.5) is 0 Å². The van der Waals surface area contributed by atoms with Gasteiger partial charge in [0.2, 0.25) is 0 Å². The van der Waals surface area contributed by atoms with Crippen LogP contribution in [-0.4, -0.2) is 32.3 Å². The van der Waals surface area contributed by atoms with E-state index in [2.05, 4.69) is 10.3 Å². The Balaban J connectivity index is 3.54. The lowest BCUT2D eigenvalue weighted by molar-refractivity contribution is 0.125. The molecule has 0 saturated carbocycles. The van der Waals surface area contributed by atoms with Gasteiger partial charge in [0, 0.05) is 13.7 Å². The van der Waals surface area contributed by atoms with Gasteiger partial charge >= 0.3 is 0 Å². The molecule has 0 aromatic carbocycles. The number of aliphatic imine (C=N–C) groups is 1. The highest BCUT2D eigenvalue weighted by atomic mass is 16.5. The van der Waals surface area contributed by atoms with Gasteiger partial charge in [-0.25, -0.2) is 0 Å². The third-order valence-corrected chi connectivity index (χ3v) is 1.28. The molecule has 0 heterocycles. The molecule has 0 amide bonds. The van der Waals surface area contributed by atoms with Crippen molar-refractivity contribution < 1.29 is 4.74 Å². The highest BCUT2D eigenvalue weighted by molar-refractivity contribution is 5.77. The summed E-state index contributed by atoms with van der Waals surface area (Å²) in [6.45, 7) is 5.33. The van der Waals surface area contributed by atoms with Crippen LogP contribution in [0, 0.1) is 0 Å². The number of hydrogen-bond donors (Lipinski definition) is 2. The number of ether oxygens (including phenoxy) is 1. The van der Waals surface area contributed by atoms with Crippen LogP contribution in [0.5, 0.6) is 0 Å². The van der Waals surface area contributed by atoms with E-state index < -0.39 is 0 Å². The van der Waals surface area contributed by atoms with Gasteiger partial charge in [0.1, 0.15) is 0 Å². The largest absolute Gasteiger partial charge is 0.380 e. The van der Waals surface area contributed by atoms with Gasteiger partial charge in [-0.3, -0.25) is 4.99 Å². The molecule has 11 heavy (non-hydrogen) atoms. The second kappa shape index (κ2) is 5.97. The van der Waals surface area contributed by atoms with E-state index in [1.807, 2.05) is 13.8 Å². The second-order valence-electron chi connectivity index (χ2n) is 2.30. The van der Waals surface area contributed by atoms with Crippen LogP contribution >= 0.6 is 0 Å². The first-order valence-electron chi connectivity index (χ1n) is 3.77. The minimum Gasteiger partial charge on any atom is -0.380 e. The molecule has 0 fully saturated rings. The average Bonchev–Trinajstić information content (AvgIpc) is 2.01. The summed E-state index contributed by atoms with van der Waals surface area (Å²) in [6, 6.07) is 0. The molecule has 0 aliphatic carbocycles. The second-order valence-corrected chi connectivity index (χ2v) is 2.30. The summed E-state index contributed by atoms with van der Waals surface area (Å²) in [4.78, 5) is 4.04. The summed E-state index contributed by atoms with van der Waals surface area (Å²) >= 11 is 0. The van der Waals surface area contributed by atoms with Crippen molar-refractivity contribution in [1.29, 1.82) is 0 Å². The first-order chi connectivity index (χ1) is 5.20. The van der Waals surface area contributed by atoms with Crippen molar-refractivity contribution in [1.82, 2.24) is 5.32 Å². The van der Waals surface area contributed by atoms with Gasteiger partial charge in [-0.1, -0.05) is 0 Å². The number of hydrogen-bond acceptors (Lipinski definition) is 2. The molecule has 0 saturated heterocycles. The minimum absolute atomic E-state index is 0.132. The molecule has 0 aliphatic rings. The monoisotopic (exact) mass is 159 g/mol. The smallest absolute Gasteiger partial charge is 0.188 e. The Morgan fingerprint density at radius 3 is 2.82 bits per heavy atom. The van der Waals surface area contributed by atoms with E-state index in [4.69, 9.17) is 10.5 Å². The molecule has 66 valence electrons. The Bertz CT molecular complexity index is 125. The molecule has 0 spiro atoms. The van der Waals surface area contributed by atoms with Gasteiger partial charge in [-0.2, -0.15) is 0 Å². The maximum Gasteiger partial charge on any atom is 0.188 e. The molecule has 1 atom stereocenters. The van der Waals surface area contributed by atoms with Gasteiger partial charge in [0.25, 0.3) is 0 Å². The Hall–Kier alpha value is -0.770. The SMILES string of the molecule is CCNC(N)=NCC(C)OC. The number of nitrogens with zero attached hydrogens (tertiary/aromatic N) is 1. The van der Waals surface area contributed by atoms with Crippen LogP contribution in [0.25, 0.3) is 0 Å². The highest BCUT2D eigenvalue weighted by Crippen LogP contribution is 1.86. The van der Waals surface area contributed by atoms with Gasteiger partial charge in [0.05, 0.1) is 12.6 Å². The number of nitrogens with two attached hydrogens (primary N) is 1. The van der Waals surface area contributed by atoms with Crippen LogP contribution in [-0.2, 0) is 4.74 Å². The van der Waals surface area contributed by atoms with Gasteiger partial charge in [0.15, 0.2) is 5.96 Å². The first kappa shape index (κ1) is 10.2. The van der Waals surface area contributed by atoms with Crippen LogP contribution in [0.1, 0.15) is 13.8 Å². The molecule has 0 radical (unpaired) electrons. The predicted octanol–water partition coefficient (Wildman–Crippen LogP) is -0.0545. The van der Waals surface area contributed by atoms with E-state index in [0.717, 1.165) is 6.54 Å². The van der Waals surface area contributed by atoms with Crippen molar-refractivity contribution in [3.8, 4) is 0 Å². The maximum atomic E-state index is 5.47. The summed E-state index contributed by atoms with van der Waals surface area (Å²) < 4.78 is 4.99. The van der Waals surface area contributed by atoms with E-state index in [1.165, 1.54) is 0 Å². The number of methoxy groups -OCH3 is 1. The quantitative estimate of drug-likeness (QED) is 0.446. The molecule has 0 aromatic rings. The summed E-state index contributed by atoms with van der Waals surface area (Å²) in [5.74, 6) is 0.483. The van der Waals surface area contributed by atoms with Crippen LogP contribution in [0.15, 0.2) is 4.99 Å². The molecule has 3 N–H and O–H groups in total. The molecule has 0 aromatic heterocycles. The normalized spacial score (nSPS) is 14.6. The lowest BCUT2D eigenvalue weighted by Gasteiger charge is -2.06. The number of rotatable bonds is 4. The lowest BCUT2D eigenvalue weighted by atomic mass is 10.4. The Morgan fingerprint density at radius 2 is 2.36 bits per heavy atom. The standard InChI is InChI=1S/C7H17N3O/c1-4-9-7(8)10-5-6(2)11-3/h6H,4-5H2,1-3H3,(H3,8,9,10). The number of guanidine groups is 1. The predicted molar refractivity (Wildman–Crippen MR) is 46.6 cm³/mol. The van der Waals surface area contributed by atoms with Crippen molar-refractivity contribution in [2.75, 3.05) is 20.2 Å². The zero-order valence-corrected chi connectivity index (χ0v) is 7.42. The van der Waals surface area contributed by atoms with Crippen LogP contribution < -0.4 is 11.1 Å². The van der Waals surface area contributed by atoms with E-state index in [0.29, 0.717) is 12.5 Å². The maximum absolute atomic E-state index is 5.47. The van der Waals surface area contributed by atoms with E-state index in [1.54, 1.807) is 7.11 Å². The third kappa shape index (κ3) is 5.66. The fourth-order valence-electron chi connectivity index (χ4n) is 0.538. The van der Waals surface area contributed by atoms with E-state index in [9.17, 15) is 0 Å². The van der Waals surface area contributed by atoms with Crippen molar-refractivity contribution in [2.24, 2.45) is 10.7 Å². The first-order valence-corrected chi connectivity index (χ1v) is 3.77. The Kier molecular flexibility index (Phi) is 5.56. The fourth-order valence-corrected chi connectivity index (χ4v) is 0.538. The number of nitrogens with one attached hydrogen (secondary N) is 1. The van der Waals surface area contributed by atoms with E-state index in [-0.39, 0.29) is 6.10 Å². The van der Waals surface area contributed by atoms with Crippen LogP contribution in [0.2, 0.25) is 0 Å². The van der Waals surface area contributed by atoms with E-state index >= 15 is 0 Å². The summed E-state index contributed by atoms with van der Waals surface area (Å²) in [5, 5.41) is 2.90. The summed E-state index contributed by atoms with van der Waals surface area (Å²) in [7, 11) is 1.66. The van der Waals surface area contributed by atoms with Gasteiger partial charge in [-0.15, -0.1) is 0 Å². The van der Waals surface area contributed by atoms with Crippen molar-refractivity contribution in [3.63, 3.8) is 0 Å². The Morgan fingerprint density at radius 1 is 1.73 bits per heavy atom. The minimum atomic E-state index is 0.132. The molecule has 4 nitrogen and oxygen atoms in total. The highest BCUT2D eigenvalue weighted by Gasteiger charge is 1.96. The molecule has 0 aliphatic heterocycles. The van der Waals surface area contributed by atoms with Crippen LogP contribution in [0.3, 0.4) is 0 Å². The van der Waals surface area contributed by atoms with Crippen molar-refractivity contribution in [3.05, 3.63) is 0 Å². The summed E-state index contributed by atoms with van der Waals surface area (Å²) in [6.07, 6.45) is 0.132. The topological polar surface area (TPSA) is 59.6 Å². The molecule has 0 bridgehead atoms. The average molecular weight is 159 g/mol. The van der Waals surface area contributed by atoms with Crippen molar-refractivity contribution in [2.45, 2.75) is 20.0 Å². The summed E-state index contributed by atoms with van der Waals surface area (Å²) in [5.41, 5.74) is 5.47. The molecular formula is C7H17N3O. The molecule has 1 unspecified atom stereocenters. The van der Waals surface area contributed by atoms with Gasteiger partial charge in [-0.05, 0) is 13.8 Å². The lowest BCUT2D eigenvalue weighted by Crippen LogP contribution is -2.32. The zero-order chi connectivity index (χ0) is 8.69. The zero-order valence-electron chi connectivity index (χ0n) is 7.42. The fraction of sp³-hybridized carbons (Fsp3) is 0.857. The Labute approximate surface area is 67.8 Å². The molecule has 0 rings (SSSR count). The molecule has 4 heteroatoms. The van der Waals surface area contributed by atoms with Gasteiger partial charge < -0.3 is 15.8 Å².